The highest BCUT2D eigenvalue weighted by atomic mass is 16.8. The number of rotatable bonds is 43. The van der Waals surface area contributed by atoms with E-state index in [1.165, 1.54) is 103 Å². The lowest BCUT2D eigenvalue weighted by Gasteiger charge is -2.50. The van der Waals surface area contributed by atoms with Crippen LogP contribution in [0.3, 0.4) is 0 Å². The summed E-state index contributed by atoms with van der Waals surface area (Å²) in [6, 6.07) is -2.61. The molecule has 0 aliphatic carbocycles. The number of aliphatic carboxylic acids is 1. The van der Waals surface area contributed by atoms with Gasteiger partial charge in [-0.1, -0.05) is 167 Å². The van der Waals surface area contributed by atoms with Crippen LogP contribution in [0.4, 0.5) is 0 Å². The third kappa shape index (κ3) is 24.2. The number of aliphatic hydroxyl groups excluding tert-OH is 11. The normalized spacial score (nSPS) is 30.7. The van der Waals surface area contributed by atoms with Crippen molar-refractivity contribution < 1.29 is 104 Å². The van der Waals surface area contributed by atoms with Crippen molar-refractivity contribution in [3.63, 3.8) is 0 Å². The van der Waals surface area contributed by atoms with Crippen LogP contribution >= 0.6 is 0 Å². The smallest absolute Gasteiger partial charge is 0.364 e. The van der Waals surface area contributed by atoms with Crippen molar-refractivity contribution >= 4 is 17.8 Å². The van der Waals surface area contributed by atoms with Crippen LogP contribution in [-0.4, -0.2) is 215 Å². The van der Waals surface area contributed by atoms with Gasteiger partial charge in [-0.05, 0) is 19.3 Å². The van der Waals surface area contributed by atoms with Crippen molar-refractivity contribution in [3.8, 4) is 0 Å². The molecule has 3 saturated heterocycles. The van der Waals surface area contributed by atoms with Crippen molar-refractivity contribution in [3.05, 3.63) is 12.2 Å². The summed E-state index contributed by atoms with van der Waals surface area (Å²) in [6.45, 7) is 2.08. The summed E-state index contributed by atoms with van der Waals surface area (Å²) in [5, 5.41) is 135. The molecule has 3 heterocycles. The van der Waals surface area contributed by atoms with Gasteiger partial charge in [-0.25, -0.2) is 4.79 Å². The fraction of sp³-hybridized carbons (Fsp3) is 0.912. The molecule has 23 heteroatoms. The number of carboxylic acids is 1. The Kier molecular flexibility index (Phi) is 35.8. The molecule has 0 aromatic rings. The monoisotopic (exact) mass is 1150 g/mol. The average Bonchev–Trinajstić information content (AvgIpc) is 3.47. The molecule has 23 nitrogen and oxygen atoms in total. The van der Waals surface area contributed by atoms with Gasteiger partial charge in [-0.15, -0.1) is 0 Å². The van der Waals surface area contributed by atoms with Crippen LogP contribution in [0.5, 0.6) is 0 Å². The summed E-state index contributed by atoms with van der Waals surface area (Å²) < 4.78 is 34.6. The minimum atomic E-state index is -3.08. The van der Waals surface area contributed by atoms with Gasteiger partial charge in [0.1, 0.15) is 67.1 Å². The first kappa shape index (κ1) is 71.7. The van der Waals surface area contributed by atoms with Gasteiger partial charge in [0.2, 0.25) is 11.8 Å². The Hall–Kier alpha value is -2.53. The van der Waals surface area contributed by atoms with Crippen LogP contribution in [0.1, 0.15) is 194 Å². The van der Waals surface area contributed by atoms with Gasteiger partial charge in [0.05, 0.1) is 50.7 Å². The van der Waals surface area contributed by atoms with Crippen LogP contribution in [0.2, 0.25) is 0 Å². The van der Waals surface area contributed by atoms with Crippen molar-refractivity contribution in [1.29, 1.82) is 0 Å². The molecule has 1 unspecified atom stereocenters. The highest BCUT2D eigenvalue weighted by Gasteiger charge is 2.60. The second kappa shape index (κ2) is 39.9. The fourth-order valence-corrected chi connectivity index (χ4v) is 10.6. The number of aliphatic hydroxyl groups is 11. The molecule has 0 bridgehead atoms. The van der Waals surface area contributed by atoms with E-state index in [1.54, 1.807) is 6.08 Å². The second-order valence-corrected chi connectivity index (χ2v) is 22.2. The van der Waals surface area contributed by atoms with E-state index in [4.69, 9.17) is 28.4 Å². The number of carboxylic acid groups (broad SMARTS) is 1. The van der Waals surface area contributed by atoms with Gasteiger partial charge in [0.15, 0.2) is 12.6 Å². The maximum atomic E-state index is 13.3. The first-order valence-corrected chi connectivity index (χ1v) is 30.1. The predicted octanol–water partition coefficient (Wildman–Crippen LogP) is 2.39. The summed E-state index contributed by atoms with van der Waals surface area (Å²) in [5.74, 6) is -6.14. The lowest BCUT2D eigenvalue weighted by atomic mass is 9.88. The number of carbonyl (C=O) groups is 3. The van der Waals surface area contributed by atoms with Crippen LogP contribution in [0.25, 0.3) is 0 Å². The largest absolute Gasteiger partial charge is 0.477 e. The molecule has 2 amide bonds. The third-order valence-corrected chi connectivity index (χ3v) is 15.5. The molecule has 3 aliphatic heterocycles. The molecule has 0 saturated carbocycles. The molecule has 468 valence electrons. The van der Waals surface area contributed by atoms with E-state index in [0.717, 1.165) is 51.9 Å². The summed E-state index contributed by atoms with van der Waals surface area (Å²) in [5.41, 5.74) is 0. The summed E-state index contributed by atoms with van der Waals surface area (Å²) in [4.78, 5) is 38.3. The van der Waals surface area contributed by atoms with E-state index in [-0.39, 0.29) is 12.3 Å². The predicted molar refractivity (Wildman–Crippen MR) is 292 cm³/mol. The zero-order valence-corrected chi connectivity index (χ0v) is 47.9. The van der Waals surface area contributed by atoms with E-state index in [0.29, 0.717) is 12.8 Å². The van der Waals surface area contributed by atoms with Crippen molar-refractivity contribution in [1.82, 2.24) is 10.6 Å². The Morgan fingerprint density at radius 2 is 1.16 bits per heavy atom. The second-order valence-electron chi connectivity index (χ2n) is 22.2. The Labute approximate surface area is 473 Å². The highest BCUT2D eigenvalue weighted by Crippen LogP contribution is 2.38. The number of hydrogen-bond donors (Lipinski definition) is 14. The maximum Gasteiger partial charge on any atom is 0.364 e. The number of amides is 2. The Bertz CT molecular complexity index is 1700. The number of allylic oxidation sites excluding steroid dienone is 1. The number of carbonyl (C=O) groups excluding carboxylic acids is 2. The molecule has 3 aliphatic rings. The molecular weight excluding hydrogens is 1050 g/mol. The topological polar surface area (TPSA) is 373 Å². The quantitative estimate of drug-likeness (QED) is 0.0308. The fourth-order valence-electron chi connectivity index (χ4n) is 10.6. The van der Waals surface area contributed by atoms with Gasteiger partial charge in [-0.2, -0.15) is 0 Å². The SMILES string of the molecule is CCCCCCCCCCCCC/C=C\[C@@H](O)C(CO[C@@H]1O[C@H](CO)[C@@H](O[C@@H]2O[C@H](CO)[C@H](O)[C@H](O[C@]3(C(=O)O)C[C@H](O)[C@@H](NC(C)=O)[C@H]([C@H](O)[C@H](O)CO)O3)[C@H]2O)[C@H](O)[C@H]1O)NC(=O)CCCCCCCCCCCCCCC. The Morgan fingerprint density at radius 3 is 1.66 bits per heavy atom. The molecular formula is C57H104N2O21. The van der Waals surface area contributed by atoms with Crippen molar-refractivity contribution in [2.45, 2.75) is 304 Å². The molecule has 18 atom stereocenters. The molecule has 80 heavy (non-hydrogen) atoms. The lowest BCUT2D eigenvalue weighted by Crippen LogP contribution is -2.70. The zero-order valence-electron chi connectivity index (χ0n) is 47.9. The lowest BCUT2D eigenvalue weighted by molar-refractivity contribution is -0.386. The molecule has 3 fully saturated rings. The van der Waals surface area contributed by atoms with Gasteiger partial charge >= 0.3 is 5.97 Å². The summed E-state index contributed by atoms with van der Waals surface area (Å²) in [6.07, 6.45) is 2.84. The summed E-state index contributed by atoms with van der Waals surface area (Å²) in [7, 11) is 0. The minimum Gasteiger partial charge on any atom is -0.477 e. The van der Waals surface area contributed by atoms with E-state index in [1.807, 2.05) is 6.08 Å². The van der Waals surface area contributed by atoms with E-state index >= 15 is 0 Å². The summed E-state index contributed by atoms with van der Waals surface area (Å²) >= 11 is 0. The number of hydrogen-bond acceptors (Lipinski definition) is 20. The van der Waals surface area contributed by atoms with Gasteiger partial charge in [0, 0.05) is 19.8 Å². The van der Waals surface area contributed by atoms with E-state index < -0.39 is 155 Å². The van der Waals surface area contributed by atoms with E-state index in [2.05, 4.69) is 24.5 Å². The maximum absolute atomic E-state index is 13.3. The van der Waals surface area contributed by atoms with Crippen LogP contribution in [0.15, 0.2) is 12.2 Å². The number of ether oxygens (including phenoxy) is 6. The molecule has 14 N–H and O–H groups in total. The number of nitrogens with one attached hydrogen (secondary N) is 2. The van der Waals surface area contributed by atoms with Crippen molar-refractivity contribution in [2.75, 3.05) is 26.4 Å². The zero-order chi connectivity index (χ0) is 59.0. The van der Waals surface area contributed by atoms with Crippen LogP contribution in [-0.2, 0) is 42.8 Å². The molecule has 0 aromatic heterocycles. The van der Waals surface area contributed by atoms with Crippen LogP contribution in [0, 0.1) is 0 Å². The minimum absolute atomic E-state index is 0.204. The first-order valence-electron chi connectivity index (χ1n) is 30.1. The Balaban J connectivity index is 1.69. The third-order valence-electron chi connectivity index (χ3n) is 15.5. The number of unbranched alkanes of at least 4 members (excludes halogenated alkanes) is 23. The van der Waals surface area contributed by atoms with Gasteiger partial charge in [-0.3, -0.25) is 9.59 Å². The molecule has 0 radical (unpaired) electrons. The highest BCUT2D eigenvalue weighted by molar-refractivity contribution is 5.77. The van der Waals surface area contributed by atoms with Gasteiger partial charge < -0.3 is 100 Å². The molecule has 0 spiro atoms. The van der Waals surface area contributed by atoms with Crippen molar-refractivity contribution in [2.24, 2.45) is 0 Å². The van der Waals surface area contributed by atoms with Gasteiger partial charge in [0.25, 0.3) is 5.79 Å². The van der Waals surface area contributed by atoms with Crippen LogP contribution < -0.4 is 10.6 Å². The molecule has 0 aromatic carbocycles. The first-order chi connectivity index (χ1) is 38.4. The average molecular weight is 1150 g/mol. The van der Waals surface area contributed by atoms with E-state index in [9.17, 15) is 75.7 Å². The standard InChI is InChI=1S/C57H104N2O21/c1-4-6-8-10-12-14-16-18-20-22-24-26-28-30-39(64)38(59-44(67)31-29-27-25-23-21-19-17-15-13-11-9-7-5-2)36-75-54-49(71)48(70)51(43(35-62)77-54)78-55-50(72)53(47(69)42(34-61)76-55)80-57(56(73)74)32-40(65)45(58-37(3)63)52(79-57)46(68)41(66)33-60/h28,30,38-43,45-55,60-62,64-66,68-72H,4-27,29,31-36H2,1-3H3,(H,58,63)(H,59,67)(H,73,74)/b30-28-/t38?,39-,40+,41-,42-,43-,45-,46-,47+,48-,49-,50-,51-,52-,53+,54-,55+,57+/m1/s1. The molecule has 3 rings (SSSR count). The Morgan fingerprint density at radius 1 is 0.650 bits per heavy atom.